The maximum absolute atomic E-state index is 13.4. The van der Waals surface area contributed by atoms with Crippen molar-refractivity contribution in [3.8, 4) is 0 Å². The monoisotopic (exact) mass is 390 g/mol. The minimum absolute atomic E-state index is 0.00442. The third-order valence-electron chi connectivity index (χ3n) is 4.34. The molecule has 12 heteroatoms. The quantitative estimate of drug-likeness (QED) is 0.498. The van der Waals surface area contributed by atoms with Gasteiger partial charge in [-0.15, -0.1) is 0 Å². The molecule has 1 aromatic carbocycles. The van der Waals surface area contributed by atoms with Gasteiger partial charge in [0, 0.05) is 0 Å². The van der Waals surface area contributed by atoms with E-state index in [4.69, 9.17) is 0 Å². The number of alkyl halides is 12. The molecular weight excluding hydrogens is 384 g/mol. The molecule has 0 atom stereocenters. The molecule has 0 fully saturated rings. The van der Waals surface area contributed by atoms with E-state index in [9.17, 15) is 52.7 Å². The second kappa shape index (κ2) is 4.97. The number of hydrogen-bond acceptors (Lipinski definition) is 0. The zero-order chi connectivity index (χ0) is 19.7. The van der Waals surface area contributed by atoms with Crippen LogP contribution >= 0.6 is 0 Å². The normalized spacial score (nSPS) is 20.5. The molecule has 2 rings (SSSR count). The van der Waals surface area contributed by atoms with Crippen molar-refractivity contribution in [1.82, 2.24) is 0 Å². The van der Waals surface area contributed by atoms with Crippen molar-refractivity contribution in [2.45, 2.75) is 36.5 Å². The van der Waals surface area contributed by atoms with Crippen LogP contribution in [0, 0.1) is 5.41 Å². The van der Waals surface area contributed by atoms with Gasteiger partial charge in [-0.1, -0.05) is 24.3 Å². The second-order valence-electron chi connectivity index (χ2n) is 5.48. The highest BCUT2D eigenvalue weighted by Gasteiger charge is 2.95. The molecule has 25 heavy (non-hydrogen) atoms. The molecule has 0 saturated carbocycles. The van der Waals surface area contributed by atoms with Crippen LogP contribution in [0.5, 0.6) is 0 Å². The highest BCUT2D eigenvalue weighted by molar-refractivity contribution is 5.49. The van der Waals surface area contributed by atoms with E-state index >= 15 is 0 Å². The fraction of sp³-hybridized carbons (Fsp3) is 0.538. The molecule has 0 spiro atoms. The maximum Gasteiger partial charge on any atom is 0.408 e. The van der Waals surface area contributed by atoms with Crippen LogP contribution in [0.4, 0.5) is 52.7 Å². The lowest BCUT2D eigenvalue weighted by atomic mass is 9.61. The van der Waals surface area contributed by atoms with Crippen LogP contribution in [0.3, 0.4) is 0 Å². The Morgan fingerprint density at radius 1 is 0.600 bits per heavy atom. The van der Waals surface area contributed by atoms with E-state index in [1.807, 2.05) is 0 Å². The summed E-state index contributed by atoms with van der Waals surface area (Å²) in [5, 5.41) is 0. The fourth-order valence-corrected chi connectivity index (χ4v) is 3.42. The van der Waals surface area contributed by atoms with Gasteiger partial charge in [0.15, 0.2) is 5.41 Å². The molecular formula is C13H6F12. The van der Waals surface area contributed by atoms with Crippen molar-refractivity contribution in [1.29, 1.82) is 0 Å². The van der Waals surface area contributed by atoms with Crippen LogP contribution in [0.2, 0.25) is 0 Å². The molecule has 142 valence electrons. The number of rotatable bonds is 0. The molecule has 1 aliphatic rings. The largest absolute Gasteiger partial charge is 0.408 e. The first-order valence-corrected chi connectivity index (χ1v) is 6.30. The van der Waals surface area contributed by atoms with Gasteiger partial charge in [-0.25, -0.2) is 0 Å². The fourth-order valence-electron chi connectivity index (χ4n) is 3.42. The van der Waals surface area contributed by atoms with E-state index in [0.717, 1.165) is 6.07 Å². The number of fused-ring (bicyclic) bond motifs is 1. The summed E-state index contributed by atoms with van der Waals surface area (Å²) in [7, 11) is 0. The van der Waals surface area contributed by atoms with Gasteiger partial charge in [-0.05, 0) is 17.5 Å². The van der Waals surface area contributed by atoms with Crippen molar-refractivity contribution < 1.29 is 52.7 Å². The molecule has 0 N–H and O–H groups in total. The summed E-state index contributed by atoms with van der Waals surface area (Å²) < 4.78 is 160. The zero-order valence-corrected chi connectivity index (χ0v) is 11.6. The third-order valence-corrected chi connectivity index (χ3v) is 4.34. The topological polar surface area (TPSA) is 0 Å². The summed E-state index contributed by atoms with van der Waals surface area (Å²) in [6, 6.07) is 1.67. The van der Waals surface area contributed by atoms with Gasteiger partial charge in [0.05, 0.1) is 0 Å². The van der Waals surface area contributed by atoms with Crippen LogP contribution in [-0.2, 0) is 11.8 Å². The molecule has 0 radical (unpaired) electrons. The van der Waals surface area contributed by atoms with Crippen LogP contribution in [-0.4, -0.2) is 24.7 Å². The molecule has 0 bridgehead atoms. The summed E-state index contributed by atoms with van der Waals surface area (Å²) in [6.07, 6.45) is -30.1. The maximum atomic E-state index is 13.4. The van der Waals surface area contributed by atoms with Gasteiger partial charge in [0.1, 0.15) is 0 Å². The van der Waals surface area contributed by atoms with E-state index in [0.29, 0.717) is 12.1 Å². The first kappa shape index (κ1) is 19.7. The van der Waals surface area contributed by atoms with E-state index in [2.05, 4.69) is 0 Å². The minimum Gasteiger partial charge on any atom is -0.170 e. The van der Waals surface area contributed by atoms with E-state index in [1.165, 1.54) is 0 Å². The molecule has 0 aliphatic heterocycles. The van der Waals surface area contributed by atoms with Crippen molar-refractivity contribution >= 4 is 0 Å². The lowest BCUT2D eigenvalue weighted by molar-refractivity contribution is -0.436. The first-order chi connectivity index (χ1) is 11.0. The van der Waals surface area contributed by atoms with E-state index in [-0.39, 0.29) is 6.07 Å². The molecule has 0 heterocycles. The van der Waals surface area contributed by atoms with Crippen molar-refractivity contribution in [3.05, 3.63) is 35.4 Å². The SMILES string of the molecule is FC(F)(F)C1(C(F)(F)F)Cc2ccccc2C1(C(F)(F)F)C(F)(F)F. The summed E-state index contributed by atoms with van der Waals surface area (Å²) in [6.45, 7) is 0. The van der Waals surface area contributed by atoms with Crippen LogP contribution < -0.4 is 0 Å². The predicted octanol–water partition coefficient (Wildman–Crippen LogP) is 5.72. The van der Waals surface area contributed by atoms with Gasteiger partial charge >= 0.3 is 24.7 Å². The molecule has 0 unspecified atom stereocenters. The minimum atomic E-state index is -6.91. The average Bonchev–Trinajstić information content (AvgIpc) is 2.69. The Labute approximate surface area is 131 Å². The van der Waals surface area contributed by atoms with Crippen molar-refractivity contribution in [2.75, 3.05) is 0 Å². The summed E-state index contributed by atoms with van der Waals surface area (Å²) in [4.78, 5) is 0. The smallest absolute Gasteiger partial charge is 0.170 e. The van der Waals surface area contributed by atoms with E-state index < -0.39 is 53.1 Å². The molecule has 0 saturated heterocycles. The average molecular weight is 390 g/mol. The predicted molar refractivity (Wildman–Crippen MR) is 58.5 cm³/mol. The van der Waals surface area contributed by atoms with Crippen molar-refractivity contribution in [2.24, 2.45) is 5.41 Å². The molecule has 0 amide bonds. The Bertz CT molecular complexity index is 629. The lowest BCUT2D eigenvalue weighted by Crippen LogP contribution is -2.71. The van der Waals surface area contributed by atoms with Gasteiger partial charge in [-0.2, -0.15) is 52.7 Å². The Morgan fingerprint density at radius 2 is 1.00 bits per heavy atom. The third kappa shape index (κ3) is 2.17. The van der Waals surface area contributed by atoms with Gasteiger partial charge in [-0.3, -0.25) is 0 Å². The molecule has 0 nitrogen and oxygen atoms in total. The summed E-state index contributed by atoms with van der Waals surface area (Å²) in [5.41, 5.74) is -15.7. The van der Waals surface area contributed by atoms with Gasteiger partial charge < -0.3 is 0 Å². The molecule has 1 aromatic rings. The van der Waals surface area contributed by atoms with E-state index in [1.54, 1.807) is 0 Å². The second-order valence-corrected chi connectivity index (χ2v) is 5.48. The van der Waals surface area contributed by atoms with Crippen LogP contribution in [0.1, 0.15) is 11.1 Å². The number of hydrogen-bond donors (Lipinski definition) is 0. The zero-order valence-electron chi connectivity index (χ0n) is 11.6. The first-order valence-electron chi connectivity index (χ1n) is 6.30. The number of halogens is 12. The highest BCUT2D eigenvalue weighted by Crippen LogP contribution is 2.74. The molecule has 1 aliphatic carbocycles. The van der Waals surface area contributed by atoms with Gasteiger partial charge in [0.25, 0.3) is 0 Å². The van der Waals surface area contributed by atoms with Crippen molar-refractivity contribution in [3.63, 3.8) is 0 Å². The summed E-state index contributed by atoms with van der Waals surface area (Å²) in [5.74, 6) is 0. The Kier molecular flexibility index (Phi) is 3.91. The summed E-state index contributed by atoms with van der Waals surface area (Å²) >= 11 is 0. The Hall–Kier alpha value is -1.62. The Balaban J connectivity index is 3.14. The number of benzene rings is 1. The highest BCUT2D eigenvalue weighted by atomic mass is 19.4. The Morgan fingerprint density at radius 3 is 1.36 bits per heavy atom. The van der Waals surface area contributed by atoms with Crippen LogP contribution in [0.15, 0.2) is 24.3 Å². The van der Waals surface area contributed by atoms with Crippen LogP contribution in [0.25, 0.3) is 0 Å². The van der Waals surface area contributed by atoms with Gasteiger partial charge in [0.2, 0.25) is 5.41 Å². The molecule has 0 aromatic heterocycles. The lowest BCUT2D eigenvalue weighted by Gasteiger charge is -2.48. The standard InChI is InChI=1S/C13H6F12/c14-10(15,16)8(11(17,18)19)5-6-3-1-2-4-7(6)9(8,12(20,21)22)13(23,24)25/h1-4H,5H2.